The lowest BCUT2D eigenvalue weighted by molar-refractivity contribution is 0.653. The van der Waals surface area contributed by atoms with Crippen LogP contribution in [-0.4, -0.2) is 9.78 Å². The molecule has 0 fully saturated rings. The van der Waals surface area contributed by atoms with Crippen LogP contribution < -0.4 is 11.3 Å². The monoisotopic (exact) mass is 217 g/mol. The molecule has 1 aromatic heterocycles. The van der Waals surface area contributed by atoms with Crippen LogP contribution in [0.4, 0.5) is 5.69 Å². The molecule has 0 atom stereocenters. The molecule has 0 saturated heterocycles. The standard InChI is InChI=1S/C12H15N3O/c1-2-10-11(13)12(16)15(14-10)8-9-6-4-3-5-7-9/h3-7,14H,2,8,13H2,1H3. The minimum atomic E-state index is -0.138. The minimum Gasteiger partial charge on any atom is -0.393 e. The van der Waals surface area contributed by atoms with Crippen molar-refractivity contribution in [2.75, 3.05) is 5.73 Å². The van der Waals surface area contributed by atoms with Crippen molar-refractivity contribution in [3.05, 3.63) is 51.9 Å². The third kappa shape index (κ3) is 1.86. The van der Waals surface area contributed by atoms with Crippen LogP contribution in [0.1, 0.15) is 18.2 Å². The van der Waals surface area contributed by atoms with Crippen molar-refractivity contribution >= 4 is 5.69 Å². The molecule has 16 heavy (non-hydrogen) atoms. The Kier molecular flexibility index (Phi) is 2.81. The van der Waals surface area contributed by atoms with Gasteiger partial charge in [-0.1, -0.05) is 37.3 Å². The summed E-state index contributed by atoms with van der Waals surface area (Å²) in [6, 6.07) is 9.82. The highest BCUT2D eigenvalue weighted by Crippen LogP contribution is 2.05. The molecule has 0 bridgehead atoms. The number of H-pyrrole nitrogens is 1. The van der Waals surface area contributed by atoms with Gasteiger partial charge in [0.1, 0.15) is 5.69 Å². The summed E-state index contributed by atoms with van der Waals surface area (Å²) in [5, 5.41) is 3.03. The van der Waals surface area contributed by atoms with E-state index in [-0.39, 0.29) is 5.56 Å². The van der Waals surface area contributed by atoms with Crippen LogP contribution in [0.15, 0.2) is 35.1 Å². The number of aromatic nitrogens is 2. The maximum atomic E-state index is 11.8. The molecule has 4 nitrogen and oxygen atoms in total. The molecule has 2 rings (SSSR count). The Balaban J connectivity index is 2.33. The first-order valence-corrected chi connectivity index (χ1v) is 5.33. The normalized spacial score (nSPS) is 10.6. The van der Waals surface area contributed by atoms with Crippen LogP contribution in [0, 0.1) is 0 Å². The number of aryl methyl sites for hydroxylation is 1. The van der Waals surface area contributed by atoms with E-state index in [1.807, 2.05) is 37.3 Å². The first-order valence-electron chi connectivity index (χ1n) is 5.33. The van der Waals surface area contributed by atoms with Crippen molar-refractivity contribution < 1.29 is 0 Å². The molecule has 0 aliphatic heterocycles. The van der Waals surface area contributed by atoms with Gasteiger partial charge in [0, 0.05) is 0 Å². The summed E-state index contributed by atoms with van der Waals surface area (Å²) >= 11 is 0. The molecule has 1 aromatic carbocycles. The number of nitrogens with zero attached hydrogens (tertiary/aromatic N) is 1. The molecule has 0 saturated carbocycles. The molecule has 0 aliphatic carbocycles. The maximum absolute atomic E-state index is 11.8. The Labute approximate surface area is 93.7 Å². The van der Waals surface area contributed by atoms with Crippen LogP contribution in [-0.2, 0) is 13.0 Å². The molecule has 2 aromatic rings. The molecule has 4 heteroatoms. The number of nitrogens with one attached hydrogen (secondary N) is 1. The van der Waals surface area contributed by atoms with Crippen LogP contribution in [0.25, 0.3) is 0 Å². The molecule has 0 aliphatic rings. The largest absolute Gasteiger partial charge is 0.393 e. The van der Waals surface area contributed by atoms with Crippen molar-refractivity contribution in [1.29, 1.82) is 0 Å². The van der Waals surface area contributed by atoms with Gasteiger partial charge in [-0.25, -0.2) is 4.68 Å². The van der Waals surface area contributed by atoms with Crippen molar-refractivity contribution in [3.63, 3.8) is 0 Å². The van der Waals surface area contributed by atoms with E-state index < -0.39 is 0 Å². The van der Waals surface area contributed by atoms with Gasteiger partial charge in [-0.2, -0.15) is 0 Å². The smallest absolute Gasteiger partial charge is 0.290 e. The van der Waals surface area contributed by atoms with Gasteiger partial charge < -0.3 is 5.73 Å². The highest BCUT2D eigenvalue weighted by atomic mass is 16.1. The fraction of sp³-hybridized carbons (Fsp3) is 0.250. The third-order valence-electron chi connectivity index (χ3n) is 2.61. The van der Waals surface area contributed by atoms with E-state index in [1.165, 1.54) is 0 Å². The Morgan fingerprint density at radius 1 is 1.31 bits per heavy atom. The quantitative estimate of drug-likeness (QED) is 0.815. The summed E-state index contributed by atoms with van der Waals surface area (Å²) < 4.78 is 1.55. The summed E-state index contributed by atoms with van der Waals surface area (Å²) in [6.07, 6.45) is 0.739. The number of benzene rings is 1. The van der Waals surface area contributed by atoms with Gasteiger partial charge in [0.05, 0.1) is 12.2 Å². The maximum Gasteiger partial charge on any atom is 0.290 e. The molecule has 0 radical (unpaired) electrons. The Morgan fingerprint density at radius 3 is 2.56 bits per heavy atom. The molecular formula is C12H15N3O. The zero-order chi connectivity index (χ0) is 11.5. The number of aromatic amines is 1. The topological polar surface area (TPSA) is 63.8 Å². The Bertz CT molecular complexity index is 525. The van der Waals surface area contributed by atoms with E-state index in [1.54, 1.807) is 4.68 Å². The van der Waals surface area contributed by atoms with E-state index in [4.69, 9.17) is 5.73 Å². The van der Waals surface area contributed by atoms with Gasteiger partial charge >= 0.3 is 0 Å². The van der Waals surface area contributed by atoms with Crippen LogP contribution in [0.2, 0.25) is 0 Å². The average molecular weight is 217 g/mol. The highest BCUT2D eigenvalue weighted by molar-refractivity contribution is 5.40. The van der Waals surface area contributed by atoms with Gasteiger partial charge in [-0.15, -0.1) is 0 Å². The molecule has 0 unspecified atom stereocenters. The average Bonchev–Trinajstić information content (AvgIpc) is 2.58. The third-order valence-corrected chi connectivity index (χ3v) is 2.61. The van der Waals surface area contributed by atoms with E-state index in [0.717, 1.165) is 17.7 Å². The number of nitrogens with two attached hydrogens (primary N) is 1. The predicted octanol–water partition coefficient (Wildman–Crippen LogP) is 1.37. The number of rotatable bonds is 3. The summed E-state index contributed by atoms with van der Waals surface area (Å²) in [5.74, 6) is 0. The first-order chi connectivity index (χ1) is 7.72. The fourth-order valence-corrected chi connectivity index (χ4v) is 1.70. The Hall–Kier alpha value is -1.97. The summed E-state index contributed by atoms with van der Waals surface area (Å²) in [6.45, 7) is 2.50. The first kappa shape index (κ1) is 10.5. The number of anilines is 1. The van der Waals surface area contributed by atoms with Crippen molar-refractivity contribution in [2.24, 2.45) is 0 Å². The van der Waals surface area contributed by atoms with Crippen molar-refractivity contribution in [1.82, 2.24) is 9.78 Å². The second kappa shape index (κ2) is 4.26. The zero-order valence-electron chi connectivity index (χ0n) is 9.23. The lowest BCUT2D eigenvalue weighted by atomic mass is 10.2. The summed E-state index contributed by atoms with van der Waals surface area (Å²) in [7, 11) is 0. The van der Waals surface area contributed by atoms with Gasteiger partial charge in [-0.3, -0.25) is 9.89 Å². The highest BCUT2D eigenvalue weighted by Gasteiger charge is 2.08. The molecule has 84 valence electrons. The predicted molar refractivity (Wildman–Crippen MR) is 64.4 cm³/mol. The summed E-state index contributed by atoms with van der Waals surface area (Å²) in [4.78, 5) is 11.8. The molecular weight excluding hydrogens is 202 g/mol. The van der Waals surface area contributed by atoms with E-state index in [2.05, 4.69) is 5.10 Å². The molecule has 3 N–H and O–H groups in total. The second-order valence-electron chi connectivity index (χ2n) is 3.73. The zero-order valence-corrected chi connectivity index (χ0v) is 9.23. The van der Waals surface area contributed by atoms with Gasteiger partial charge in [-0.05, 0) is 12.0 Å². The molecule has 1 heterocycles. The SMILES string of the molecule is CCc1[nH]n(Cc2ccccc2)c(=O)c1N. The molecule has 0 amide bonds. The number of hydrogen-bond donors (Lipinski definition) is 2. The minimum absolute atomic E-state index is 0.138. The van der Waals surface area contributed by atoms with Crippen LogP contribution >= 0.6 is 0 Å². The lowest BCUT2D eigenvalue weighted by Crippen LogP contribution is -2.19. The van der Waals surface area contributed by atoms with Gasteiger partial charge in [0.25, 0.3) is 5.56 Å². The number of nitrogen functional groups attached to an aromatic ring is 1. The lowest BCUT2D eigenvalue weighted by Gasteiger charge is -2.01. The fourth-order valence-electron chi connectivity index (χ4n) is 1.70. The van der Waals surface area contributed by atoms with E-state index in [9.17, 15) is 4.79 Å². The van der Waals surface area contributed by atoms with Crippen LogP contribution in [0.3, 0.4) is 0 Å². The van der Waals surface area contributed by atoms with Gasteiger partial charge in [0.2, 0.25) is 0 Å². The van der Waals surface area contributed by atoms with Crippen LogP contribution in [0.5, 0.6) is 0 Å². The number of hydrogen-bond acceptors (Lipinski definition) is 2. The van der Waals surface area contributed by atoms with Crippen molar-refractivity contribution in [3.8, 4) is 0 Å². The second-order valence-corrected chi connectivity index (χ2v) is 3.73. The molecule has 0 spiro atoms. The van der Waals surface area contributed by atoms with Crippen molar-refractivity contribution in [2.45, 2.75) is 19.9 Å². The van der Waals surface area contributed by atoms with E-state index in [0.29, 0.717) is 12.2 Å². The summed E-state index contributed by atoms with van der Waals surface area (Å²) in [5.41, 5.74) is 7.78. The Morgan fingerprint density at radius 2 is 2.00 bits per heavy atom. The van der Waals surface area contributed by atoms with Gasteiger partial charge in [0.15, 0.2) is 0 Å². The van der Waals surface area contributed by atoms with E-state index >= 15 is 0 Å².